The van der Waals surface area contributed by atoms with Crippen molar-refractivity contribution < 1.29 is 0 Å². The number of hydrogen-bond acceptors (Lipinski definition) is 1. The van der Waals surface area contributed by atoms with Gasteiger partial charge in [-0.15, -0.1) is 0 Å². The lowest BCUT2D eigenvalue weighted by molar-refractivity contribution is 0.0530. The molecule has 1 heteroatoms. The summed E-state index contributed by atoms with van der Waals surface area (Å²) in [5, 5.41) is 0. The molecule has 2 fully saturated rings. The van der Waals surface area contributed by atoms with E-state index in [1.165, 1.54) is 38.5 Å². The van der Waals surface area contributed by atoms with Gasteiger partial charge in [-0.3, -0.25) is 0 Å². The highest BCUT2D eigenvalue weighted by molar-refractivity contribution is 5.15. The van der Waals surface area contributed by atoms with E-state index in [4.69, 9.17) is 5.73 Å². The molecule has 1 nitrogen and oxygen atoms in total. The van der Waals surface area contributed by atoms with Crippen LogP contribution in [0.15, 0.2) is 0 Å². The first kappa shape index (κ1) is 8.55. The predicted molar refractivity (Wildman–Crippen MR) is 51.9 cm³/mol. The molecule has 0 aliphatic heterocycles. The van der Waals surface area contributed by atoms with E-state index < -0.39 is 0 Å². The van der Waals surface area contributed by atoms with E-state index in [2.05, 4.69) is 13.8 Å². The van der Waals surface area contributed by atoms with E-state index in [9.17, 15) is 0 Å². The van der Waals surface area contributed by atoms with E-state index in [-0.39, 0.29) is 5.54 Å². The molecule has 0 aromatic carbocycles. The van der Waals surface area contributed by atoms with E-state index in [0.29, 0.717) is 5.41 Å². The van der Waals surface area contributed by atoms with Crippen LogP contribution in [0.3, 0.4) is 0 Å². The molecule has 2 aliphatic carbocycles. The third-order valence-electron chi connectivity index (χ3n) is 3.95. The standard InChI is InChI=1S/C11H21N/c1-9(2)8-10(4-3-5-10)11(12)6-7-11/h9H,3-8,12H2,1-2H3. The number of nitrogens with two attached hydrogens (primary N) is 1. The van der Waals surface area contributed by atoms with Crippen LogP contribution in [0.5, 0.6) is 0 Å². The van der Waals surface area contributed by atoms with Crippen LogP contribution >= 0.6 is 0 Å². The summed E-state index contributed by atoms with van der Waals surface area (Å²) < 4.78 is 0. The first-order valence-electron chi connectivity index (χ1n) is 5.37. The quantitative estimate of drug-likeness (QED) is 0.687. The van der Waals surface area contributed by atoms with Crippen LogP contribution in [0, 0.1) is 11.3 Å². The molecule has 2 N–H and O–H groups in total. The Morgan fingerprint density at radius 2 is 1.75 bits per heavy atom. The lowest BCUT2D eigenvalue weighted by Crippen LogP contribution is -2.49. The van der Waals surface area contributed by atoms with Gasteiger partial charge in [0, 0.05) is 5.54 Å². The van der Waals surface area contributed by atoms with Gasteiger partial charge in [0.2, 0.25) is 0 Å². The van der Waals surface area contributed by atoms with E-state index in [0.717, 1.165) is 5.92 Å². The molecule has 0 bridgehead atoms. The highest BCUT2D eigenvalue weighted by atomic mass is 14.9. The monoisotopic (exact) mass is 167 g/mol. The maximum Gasteiger partial charge on any atom is 0.0212 e. The second-order valence-corrected chi connectivity index (χ2v) is 5.39. The Morgan fingerprint density at radius 1 is 1.17 bits per heavy atom. The summed E-state index contributed by atoms with van der Waals surface area (Å²) >= 11 is 0. The van der Waals surface area contributed by atoms with Crippen molar-refractivity contribution in [2.45, 2.75) is 57.9 Å². The molecule has 2 saturated carbocycles. The zero-order valence-corrected chi connectivity index (χ0v) is 8.40. The average Bonchev–Trinajstić information content (AvgIpc) is 2.59. The van der Waals surface area contributed by atoms with Crippen molar-refractivity contribution in [1.82, 2.24) is 0 Å². The van der Waals surface area contributed by atoms with Gasteiger partial charge < -0.3 is 5.73 Å². The van der Waals surface area contributed by atoms with Gasteiger partial charge >= 0.3 is 0 Å². The summed E-state index contributed by atoms with van der Waals surface area (Å²) in [5.74, 6) is 0.825. The third-order valence-corrected chi connectivity index (χ3v) is 3.95. The van der Waals surface area contributed by atoms with Crippen molar-refractivity contribution in [2.75, 3.05) is 0 Å². The topological polar surface area (TPSA) is 26.0 Å². The minimum Gasteiger partial charge on any atom is -0.325 e. The van der Waals surface area contributed by atoms with Gasteiger partial charge in [-0.2, -0.15) is 0 Å². The zero-order chi connectivity index (χ0) is 8.82. The van der Waals surface area contributed by atoms with Gasteiger partial charge in [0.25, 0.3) is 0 Å². The van der Waals surface area contributed by atoms with Crippen LogP contribution in [0.2, 0.25) is 0 Å². The molecule has 2 rings (SSSR count). The van der Waals surface area contributed by atoms with Gasteiger partial charge in [0.1, 0.15) is 0 Å². The molecule has 0 saturated heterocycles. The Bertz CT molecular complexity index is 175. The Kier molecular flexibility index (Phi) is 1.76. The first-order chi connectivity index (χ1) is 5.58. The van der Waals surface area contributed by atoms with E-state index in [1.54, 1.807) is 0 Å². The highest BCUT2D eigenvalue weighted by Crippen LogP contribution is 2.61. The van der Waals surface area contributed by atoms with Gasteiger partial charge in [-0.25, -0.2) is 0 Å². The fourth-order valence-electron chi connectivity index (χ4n) is 2.96. The smallest absolute Gasteiger partial charge is 0.0212 e. The van der Waals surface area contributed by atoms with Crippen molar-refractivity contribution >= 4 is 0 Å². The summed E-state index contributed by atoms with van der Waals surface area (Å²) in [5.41, 5.74) is 7.18. The molecule has 0 aromatic rings. The van der Waals surface area contributed by atoms with Gasteiger partial charge in [0.05, 0.1) is 0 Å². The molecule has 0 heterocycles. The minimum absolute atomic E-state index is 0.273. The van der Waals surface area contributed by atoms with Crippen LogP contribution in [-0.2, 0) is 0 Å². The molecule has 2 aliphatic rings. The molecule has 70 valence electrons. The summed E-state index contributed by atoms with van der Waals surface area (Å²) in [6.45, 7) is 4.65. The predicted octanol–water partition coefficient (Wildman–Crippen LogP) is 2.69. The van der Waals surface area contributed by atoms with Crippen molar-refractivity contribution in [3.05, 3.63) is 0 Å². The zero-order valence-electron chi connectivity index (χ0n) is 8.40. The molecule has 12 heavy (non-hydrogen) atoms. The normalized spacial score (nSPS) is 30.0. The van der Waals surface area contributed by atoms with Crippen molar-refractivity contribution in [3.8, 4) is 0 Å². The largest absolute Gasteiger partial charge is 0.325 e. The fourth-order valence-corrected chi connectivity index (χ4v) is 2.96. The molecule has 0 aromatic heterocycles. The summed E-state index contributed by atoms with van der Waals surface area (Å²) in [7, 11) is 0. The Morgan fingerprint density at radius 3 is 2.00 bits per heavy atom. The van der Waals surface area contributed by atoms with Gasteiger partial charge in [-0.05, 0) is 43.4 Å². The van der Waals surface area contributed by atoms with Crippen LogP contribution in [-0.4, -0.2) is 5.54 Å². The Balaban J connectivity index is 2.04. The maximum atomic E-state index is 6.34. The molecule has 0 amide bonds. The minimum atomic E-state index is 0.273. The molecule has 0 radical (unpaired) electrons. The SMILES string of the molecule is CC(C)CC1(C2(N)CC2)CCC1. The Labute approximate surface area is 75.7 Å². The van der Waals surface area contributed by atoms with Crippen molar-refractivity contribution in [2.24, 2.45) is 17.1 Å². The molecular formula is C11H21N. The second kappa shape index (κ2) is 2.47. The van der Waals surface area contributed by atoms with E-state index >= 15 is 0 Å². The van der Waals surface area contributed by atoms with E-state index in [1.807, 2.05) is 0 Å². The summed E-state index contributed by atoms with van der Waals surface area (Å²) in [6.07, 6.45) is 8.18. The van der Waals surface area contributed by atoms with Crippen LogP contribution in [0.4, 0.5) is 0 Å². The lowest BCUT2D eigenvalue weighted by Gasteiger charge is -2.48. The van der Waals surface area contributed by atoms with Crippen molar-refractivity contribution in [1.29, 1.82) is 0 Å². The van der Waals surface area contributed by atoms with Crippen LogP contribution < -0.4 is 5.73 Å². The first-order valence-corrected chi connectivity index (χ1v) is 5.37. The van der Waals surface area contributed by atoms with Gasteiger partial charge in [-0.1, -0.05) is 20.3 Å². The summed E-state index contributed by atoms with van der Waals surface area (Å²) in [4.78, 5) is 0. The second-order valence-electron chi connectivity index (χ2n) is 5.39. The third kappa shape index (κ3) is 1.10. The highest BCUT2D eigenvalue weighted by Gasteiger charge is 2.58. The van der Waals surface area contributed by atoms with Crippen molar-refractivity contribution in [3.63, 3.8) is 0 Å². The number of hydrogen-bond donors (Lipinski definition) is 1. The molecule has 0 spiro atoms. The lowest BCUT2D eigenvalue weighted by atomic mass is 9.59. The average molecular weight is 167 g/mol. The molecular weight excluding hydrogens is 146 g/mol. The fraction of sp³-hybridized carbons (Fsp3) is 1.00. The number of rotatable bonds is 3. The molecule has 0 unspecified atom stereocenters. The van der Waals surface area contributed by atoms with Crippen LogP contribution in [0.1, 0.15) is 52.4 Å². The Hall–Kier alpha value is -0.0400. The summed E-state index contributed by atoms with van der Waals surface area (Å²) in [6, 6.07) is 0. The molecule has 0 atom stereocenters. The van der Waals surface area contributed by atoms with Crippen LogP contribution in [0.25, 0.3) is 0 Å². The maximum absolute atomic E-state index is 6.34. The van der Waals surface area contributed by atoms with Gasteiger partial charge in [0.15, 0.2) is 0 Å².